The van der Waals surface area contributed by atoms with E-state index in [1.165, 1.54) is 12.1 Å². The van der Waals surface area contributed by atoms with Gasteiger partial charge in [-0.1, -0.05) is 0 Å². The molecule has 0 aliphatic carbocycles. The van der Waals surface area contributed by atoms with Crippen LogP contribution in [0.4, 0.5) is 4.39 Å². The van der Waals surface area contributed by atoms with E-state index in [9.17, 15) is 4.39 Å². The van der Waals surface area contributed by atoms with E-state index in [4.69, 9.17) is 16.3 Å². The molecule has 2 heterocycles. The first-order valence-corrected chi connectivity index (χ1v) is 7.46. The first-order valence-electron chi connectivity index (χ1n) is 7.02. The van der Waals surface area contributed by atoms with Crippen LogP contribution >= 0.6 is 11.6 Å². The van der Waals surface area contributed by atoms with Crippen LogP contribution in [0.2, 0.25) is 0 Å². The molecule has 1 aromatic carbocycles. The predicted molar refractivity (Wildman–Crippen MR) is 77.5 cm³/mol. The second-order valence-electron chi connectivity index (χ2n) is 5.39. The van der Waals surface area contributed by atoms with Crippen molar-refractivity contribution < 1.29 is 9.13 Å². The summed E-state index contributed by atoms with van der Waals surface area (Å²) in [4.78, 5) is 4.48. The fraction of sp³-hybridized carbons (Fsp3) is 0.533. The molecule has 3 nitrogen and oxygen atoms in total. The largest absolute Gasteiger partial charge is 0.381 e. The van der Waals surface area contributed by atoms with Crippen molar-refractivity contribution in [3.05, 3.63) is 29.8 Å². The maximum atomic E-state index is 13.3. The zero-order valence-electron chi connectivity index (χ0n) is 11.5. The number of benzene rings is 1. The molecule has 3 rings (SSSR count). The zero-order chi connectivity index (χ0) is 14.1. The Morgan fingerprint density at radius 3 is 3.10 bits per heavy atom. The molecule has 1 aliphatic heterocycles. The van der Waals surface area contributed by atoms with Crippen molar-refractivity contribution in [1.29, 1.82) is 0 Å². The van der Waals surface area contributed by atoms with Crippen molar-refractivity contribution >= 4 is 22.6 Å². The molecule has 1 aromatic heterocycles. The van der Waals surface area contributed by atoms with Gasteiger partial charge in [-0.15, -0.1) is 11.6 Å². The van der Waals surface area contributed by atoms with Gasteiger partial charge in [0.25, 0.3) is 0 Å². The summed E-state index contributed by atoms with van der Waals surface area (Å²) in [5, 5.41) is -0.190. The number of ether oxygens (including phenoxy) is 1. The van der Waals surface area contributed by atoms with E-state index in [1.807, 2.05) is 6.92 Å². The first-order chi connectivity index (χ1) is 9.65. The summed E-state index contributed by atoms with van der Waals surface area (Å²) in [5.41, 5.74) is 1.63. The lowest BCUT2D eigenvalue weighted by atomic mass is 10.1. The molecule has 108 valence electrons. The summed E-state index contributed by atoms with van der Waals surface area (Å²) < 4.78 is 20.8. The van der Waals surface area contributed by atoms with Crippen LogP contribution in [0.1, 0.15) is 31.0 Å². The van der Waals surface area contributed by atoms with Gasteiger partial charge in [0.05, 0.1) is 16.4 Å². The van der Waals surface area contributed by atoms with Gasteiger partial charge in [-0.25, -0.2) is 9.37 Å². The Labute approximate surface area is 122 Å². The Kier molecular flexibility index (Phi) is 3.94. The molecule has 1 saturated heterocycles. The first kappa shape index (κ1) is 13.8. The van der Waals surface area contributed by atoms with Gasteiger partial charge in [0.15, 0.2) is 0 Å². The van der Waals surface area contributed by atoms with E-state index < -0.39 is 0 Å². The van der Waals surface area contributed by atoms with Gasteiger partial charge in [0, 0.05) is 25.8 Å². The topological polar surface area (TPSA) is 27.1 Å². The number of hydrogen-bond donors (Lipinski definition) is 0. The van der Waals surface area contributed by atoms with Crippen LogP contribution in [0.5, 0.6) is 0 Å². The minimum Gasteiger partial charge on any atom is -0.381 e. The van der Waals surface area contributed by atoms with Gasteiger partial charge in [0.2, 0.25) is 0 Å². The Morgan fingerprint density at radius 2 is 2.40 bits per heavy atom. The Hall–Kier alpha value is -1.13. The maximum absolute atomic E-state index is 13.3. The number of fused-ring (bicyclic) bond motifs is 1. The molecule has 1 fully saturated rings. The number of aryl methyl sites for hydroxylation is 1. The molecular formula is C15H18ClFN2O. The monoisotopic (exact) mass is 296 g/mol. The average Bonchev–Trinajstić information content (AvgIpc) is 3.02. The van der Waals surface area contributed by atoms with Crippen molar-refractivity contribution in [2.75, 3.05) is 13.2 Å². The molecule has 2 atom stereocenters. The highest BCUT2D eigenvalue weighted by Gasteiger charge is 2.19. The van der Waals surface area contributed by atoms with Gasteiger partial charge in [0.1, 0.15) is 11.6 Å². The normalized spacial score (nSPS) is 20.6. The second kappa shape index (κ2) is 5.70. The summed E-state index contributed by atoms with van der Waals surface area (Å²) in [6.07, 6.45) is 2.16. The number of nitrogens with zero attached hydrogens (tertiary/aromatic N) is 2. The van der Waals surface area contributed by atoms with E-state index in [0.29, 0.717) is 11.4 Å². The standard InChI is InChI=1S/C15H18ClFN2O/c1-10(16)15-18-13-8-12(17)2-3-14(13)19(15)6-4-11-5-7-20-9-11/h2-3,8,10-11H,4-7,9H2,1H3. The highest BCUT2D eigenvalue weighted by Crippen LogP contribution is 2.27. The van der Waals surface area contributed by atoms with Crippen LogP contribution in [-0.4, -0.2) is 22.8 Å². The van der Waals surface area contributed by atoms with Crippen LogP contribution in [0.25, 0.3) is 11.0 Å². The van der Waals surface area contributed by atoms with Crippen LogP contribution in [0, 0.1) is 11.7 Å². The maximum Gasteiger partial charge on any atom is 0.127 e. The third-order valence-electron chi connectivity index (χ3n) is 3.88. The highest BCUT2D eigenvalue weighted by atomic mass is 35.5. The molecule has 0 amide bonds. The lowest BCUT2D eigenvalue weighted by Gasteiger charge is -2.13. The minimum absolute atomic E-state index is 0.190. The van der Waals surface area contributed by atoms with Crippen molar-refractivity contribution in [3.63, 3.8) is 0 Å². The number of imidazole rings is 1. The second-order valence-corrected chi connectivity index (χ2v) is 6.04. The Morgan fingerprint density at radius 1 is 1.55 bits per heavy atom. The Balaban J connectivity index is 1.91. The summed E-state index contributed by atoms with van der Waals surface area (Å²) >= 11 is 6.21. The van der Waals surface area contributed by atoms with Crippen molar-refractivity contribution in [1.82, 2.24) is 9.55 Å². The molecule has 0 N–H and O–H groups in total. The fourth-order valence-corrected chi connectivity index (χ4v) is 2.95. The molecular weight excluding hydrogens is 279 g/mol. The Bertz CT molecular complexity index is 605. The van der Waals surface area contributed by atoms with Crippen LogP contribution in [-0.2, 0) is 11.3 Å². The number of halogens is 2. The van der Waals surface area contributed by atoms with Crippen LogP contribution in [0.3, 0.4) is 0 Å². The molecule has 0 saturated carbocycles. The van der Waals surface area contributed by atoms with Crippen molar-refractivity contribution in [3.8, 4) is 0 Å². The molecule has 20 heavy (non-hydrogen) atoms. The summed E-state index contributed by atoms with van der Waals surface area (Å²) in [6, 6.07) is 4.72. The summed E-state index contributed by atoms with van der Waals surface area (Å²) in [5.74, 6) is 1.15. The molecule has 0 bridgehead atoms. The fourth-order valence-electron chi connectivity index (χ4n) is 2.78. The van der Waals surface area contributed by atoms with Gasteiger partial charge < -0.3 is 9.30 Å². The van der Waals surface area contributed by atoms with Crippen molar-refractivity contribution in [2.45, 2.75) is 31.7 Å². The van der Waals surface area contributed by atoms with Gasteiger partial charge in [-0.05, 0) is 37.8 Å². The smallest absolute Gasteiger partial charge is 0.127 e. The third-order valence-corrected chi connectivity index (χ3v) is 4.08. The number of aromatic nitrogens is 2. The van der Waals surface area contributed by atoms with Crippen LogP contribution < -0.4 is 0 Å². The van der Waals surface area contributed by atoms with E-state index in [1.54, 1.807) is 6.07 Å². The molecule has 0 spiro atoms. The van der Waals surface area contributed by atoms with E-state index >= 15 is 0 Å². The van der Waals surface area contributed by atoms with E-state index in [-0.39, 0.29) is 11.2 Å². The third kappa shape index (κ3) is 2.67. The zero-order valence-corrected chi connectivity index (χ0v) is 12.2. The highest BCUT2D eigenvalue weighted by molar-refractivity contribution is 6.20. The quantitative estimate of drug-likeness (QED) is 0.800. The lowest BCUT2D eigenvalue weighted by molar-refractivity contribution is 0.183. The SMILES string of the molecule is CC(Cl)c1nc2cc(F)ccc2n1CCC1CCOC1. The molecule has 1 aliphatic rings. The average molecular weight is 297 g/mol. The molecule has 5 heteroatoms. The summed E-state index contributed by atoms with van der Waals surface area (Å²) in [7, 11) is 0. The van der Waals surface area contributed by atoms with Gasteiger partial charge >= 0.3 is 0 Å². The molecule has 0 radical (unpaired) electrons. The van der Waals surface area contributed by atoms with Crippen LogP contribution in [0.15, 0.2) is 18.2 Å². The van der Waals surface area contributed by atoms with Gasteiger partial charge in [-0.3, -0.25) is 0 Å². The van der Waals surface area contributed by atoms with E-state index in [2.05, 4.69) is 9.55 Å². The molecule has 2 aromatic rings. The van der Waals surface area contributed by atoms with Gasteiger partial charge in [-0.2, -0.15) is 0 Å². The predicted octanol–water partition coefficient (Wildman–Crippen LogP) is 3.90. The molecule has 2 unspecified atom stereocenters. The number of rotatable bonds is 4. The lowest BCUT2D eigenvalue weighted by Crippen LogP contribution is -2.09. The van der Waals surface area contributed by atoms with E-state index in [0.717, 1.165) is 43.9 Å². The minimum atomic E-state index is -0.264. The number of alkyl halides is 1. The van der Waals surface area contributed by atoms with Crippen molar-refractivity contribution in [2.24, 2.45) is 5.92 Å². The summed E-state index contributed by atoms with van der Waals surface area (Å²) in [6.45, 7) is 4.45. The number of hydrogen-bond acceptors (Lipinski definition) is 2.